The quantitative estimate of drug-likeness (QED) is 0.794. The fraction of sp³-hybridized carbons (Fsp3) is 0.588. The van der Waals surface area contributed by atoms with E-state index in [2.05, 4.69) is 25.8 Å². The van der Waals surface area contributed by atoms with Crippen LogP contribution in [-0.4, -0.2) is 37.6 Å². The minimum Gasteiger partial charge on any atom is -0.469 e. The second-order valence-corrected chi connectivity index (χ2v) is 6.08. The monoisotopic (exact) mass is 275 g/mol. The van der Waals surface area contributed by atoms with Crippen LogP contribution in [0.25, 0.3) is 0 Å². The molecule has 0 N–H and O–H groups in total. The van der Waals surface area contributed by atoms with Crippen molar-refractivity contribution in [1.29, 1.82) is 0 Å². The summed E-state index contributed by atoms with van der Waals surface area (Å²) in [6, 6.07) is 10.6. The minimum absolute atomic E-state index is 0.107. The van der Waals surface area contributed by atoms with Gasteiger partial charge in [0.15, 0.2) is 0 Å². The van der Waals surface area contributed by atoms with Gasteiger partial charge in [0.25, 0.3) is 0 Å². The molecule has 1 saturated heterocycles. The second-order valence-electron chi connectivity index (χ2n) is 6.08. The first kappa shape index (κ1) is 15.0. The Morgan fingerprint density at radius 3 is 2.55 bits per heavy atom. The van der Waals surface area contributed by atoms with Crippen LogP contribution in [0.1, 0.15) is 31.7 Å². The number of likely N-dealkylation sites (tertiary alicyclic amines) is 1. The third-order valence-corrected chi connectivity index (χ3v) is 4.71. The molecule has 0 radical (unpaired) electrons. The largest absolute Gasteiger partial charge is 0.469 e. The van der Waals surface area contributed by atoms with Crippen LogP contribution in [0.2, 0.25) is 0 Å². The molecule has 0 aromatic heterocycles. The first-order chi connectivity index (χ1) is 9.54. The number of rotatable bonds is 3. The van der Waals surface area contributed by atoms with E-state index in [0.29, 0.717) is 17.9 Å². The van der Waals surface area contributed by atoms with Gasteiger partial charge >= 0.3 is 5.97 Å². The number of benzene rings is 1. The van der Waals surface area contributed by atoms with Gasteiger partial charge in [-0.3, -0.25) is 4.79 Å². The van der Waals surface area contributed by atoms with Crippen LogP contribution in [0.5, 0.6) is 0 Å². The molecule has 1 aromatic carbocycles. The molecule has 1 fully saturated rings. The Bertz CT molecular complexity index is 446. The molecular formula is C17H25NO2. The first-order valence-corrected chi connectivity index (χ1v) is 7.37. The SMILES string of the molecule is COC(=O)C(c1ccccc1)C1CC(C)N(C)CC1C. The predicted octanol–water partition coefficient (Wildman–Crippen LogP) is 2.92. The molecule has 0 bridgehead atoms. The maximum Gasteiger partial charge on any atom is 0.313 e. The van der Waals surface area contributed by atoms with E-state index in [1.165, 1.54) is 7.11 Å². The molecule has 0 spiro atoms. The summed E-state index contributed by atoms with van der Waals surface area (Å²) in [4.78, 5) is 14.7. The maximum absolute atomic E-state index is 12.3. The van der Waals surface area contributed by atoms with Gasteiger partial charge in [-0.25, -0.2) is 0 Å². The molecule has 0 amide bonds. The average molecular weight is 275 g/mol. The number of methoxy groups -OCH3 is 1. The molecule has 110 valence electrons. The highest BCUT2D eigenvalue weighted by Crippen LogP contribution is 2.38. The topological polar surface area (TPSA) is 29.5 Å². The van der Waals surface area contributed by atoms with Crippen molar-refractivity contribution in [1.82, 2.24) is 4.90 Å². The van der Waals surface area contributed by atoms with Gasteiger partial charge in [0.1, 0.15) is 0 Å². The lowest BCUT2D eigenvalue weighted by Crippen LogP contribution is -2.45. The number of hydrogen-bond acceptors (Lipinski definition) is 3. The van der Waals surface area contributed by atoms with Crippen LogP contribution in [-0.2, 0) is 9.53 Å². The van der Waals surface area contributed by atoms with Crippen molar-refractivity contribution in [3.8, 4) is 0 Å². The van der Waals surface area contributed by atoms with Crippen LogP contribution in [0.4, 0.5) is 0 Å². The summed E-state index contributed by atoms with van der Waals surface area (Å²) in [6.45, 7) is 5.51. The van der Waals surface area contributed by atoms with Crippen molar-refractivity contribution in [3.05, 3.63) is 35.9 Å². The minimum atomic E-state index is -0.146. The van der Waals surface area contributed by atoms with Gasteiger partial charge in [0, 0.05) is 12.6 Å². The van der Waals surface area contributed by atoms with Crippen LogP contribution in [0, 0.1) is 11.8 Å². The van der Waals surface area contributed by atoms with E-state index in [4.69, 9.17) is 4.74 Å². The van der Waals surface area contributed by atoms with E-state index in [0.717, 1.165) is 18.5 Å². The van der Waals surface area contributed by atoms with Gasteiger partial charge in [-0.2, -0.15) is 0 Å². The fourth-order valence-corrected chi connectivity index (χ4v) is 3.39. The Labute approximate surface area is 121 Å². The molecule has 0 saturated carbocycles. The second kappa shape index (κ2) is 6.40. The summed E-state index contributed by atoms with van der Waals surface area (Å²) in [5.41, 5.74) is 1.08. The molecule has 1 heterocycles. The van der Waals surface area contributed by atoms with Crippen LogP contribution in [0.3, 0.4) is 0 Å². The zero-order valence-corrected chi connectivity index (χ0v) is 12.9. The fourth-order valence-electron chi connectivity index (χ4n) is 3.39. The van der Waals surface area contributed by atoms with Crippen molar-refractivity contribution < 1.29 is 9.53 Å². The third kappa shape index (κ3) is 3.04. The number of carbonyl (C=O) groups is 1. The normalized spacial score (nSPS) is 28.9. The molecule has 1 aliphatic heterocycles. The van der Waals surface area contributed by atoms with E-state index in [1.54, 1.807) is 0 Å². The Morgan fingerprint density at radius 1 is 1.30 bits per heavy atom. The number of piperidine rings is 1. The van der Waals surface area contributed by atoms with Crippen molar-refractivity contribution in [3.63, 3.8) is 0 Å². The Hall–Kier alpha value is -1.35. The van der Waals surface area contributed by atoms with Gasteiger partial charge in [-0.15, -0.1) is 0 Å². The van der Waals surface area contributed by atoms with Gasteiger partial charge in [-0.05, 0) is 37.8 Å². The number of hydrogen-bond donors (Lipinski definition) is 0. The number of esters is 1. The molecule has 2 rings (SSSR count). The number of carbonyl (C=O) groups excluding carboxylic acids is 1. The predicted molar refractivity (Wildman–Crippen MR) is 80.6 cm³/mol. The molecular weight excluding hydrogens is 250 g/mol. The molecule has 1 aromatic rings. The van der Waals surface area contributed by atoms with E-state index < -0.39 is 0 Å². The number of ether oxygens (including phenoxy) is 1. The van der Waals surface area contributed by atoms with Crippen molar-refractivity contribution >= 4 is 5.97 Å². The van der Waals surface area contributed by atoms with Crippen LogP contribution < -0.4 is 0 Å². The van der Waals surface area contributed by atoms with Gasteiger partial charge in [0.05, 0.1) is 13.0 Å². The highest BCUT2D eigenvalue weighted by Gasteiger charge is 2.39. The van der Waals surface area contributed by atoms with Crippen molar-refractivity contribution in [2.24, 2.45) is 11.8 Å². The Balaban J connectivity index is 2.30. The van der Waals surface area contributed by atoms with Gasteiger partial charge < -0.3 is 9.64 Å². The standard InChI is InChI=1S/C17H25NO2/c1-12-11-18(3)13(2)10-15(12)16(17(19)20-4)14-8-6-5-7-9-14/h5-9,12-13,15-16H,10-11H2,1-4H3. The molecule has 1 aliphatic rings. The summed E-state index contributed by atoms with van der Waals surface area (Å²) >= 11 is 0. The molecule has 3 heteroatoms. The highest BCUT2D eigenvalue weighted by atomic mass is 16.5. The summed E-state index contributed by atoms with van der Waals surface area (Å²) in [7, 11) is 3.65. The van der Waals surface area contributed by atoms with Crippen LogP contribution in [0.15, 0.2) is 30.3 Å². The zero-order chi connectivity index (χ0) is 14.7. The molecule has 0 aliphatic carbocycles. The van der Waals surface area contributed by atoms with E-state index in [-0.39, 0.29) is 11.9 Å². The van der Waals surface area contributed by atoms with E-state index >= 15 is 0 Å². The molecule has 20 heavy (non-hydrogen) atoms. The molecule has 4 unspecified atom stereocenters. The maximum atomic E-state index is 12.3. The van der Waals surface area contributed by atoms with Gasteiger partial charge in [0.2, 0.25) is 0 Å². The third-order valence-electron chi connectivity index (χ3n) is 4.71. The number of nitrogens with zero attached hydrogens (tertiary/aromatic N) is 1. The molecule has 4 atom stereocenters. The smallest absolute Gasteiger partial charge is 0.313 e. The van der Waals surface area contributed by atoms with Gasteiger partial charge in [-0.1, -0.05) is 37.3 Å². The molecule has 3 nitrogen and oxygen atoms in total. The summed E-state index contributed by atoms with van der Waals surface area (Å²) in [6.07, 6.45) is 1.03. The Kier molecular flexibility index (Phi) is 4.81. The van der Waals surface area contributed by atoms with Crippen molar-refractivity contribution in [2.45, 2.75) is 32.2 Å². The highest BCUT2D eigenvalue weighted by molar-refractivity contribution is 5.78. The Morgan fingerprint density at radius 2 is 1.95 bits per heavy atom. The zero-order valence-electron chi connectivity index (χ0n) is 12.9. The van der Waals surface area contributed by atoms with E-state index in [1.807, 2.05) is 30.3 Å². The van der Waals surface area contributed by atoms with E-state index in [9.17, 15) is 4.79 Å². The first-order valence-electron chi connectivity index (χ1n) is 7.37. The summed E-state index contributed by atoms with van der Waals surface area (Å²) < 4.78 is 5.08. The van der Waals surface area contributed by atoms with Crippen molar-refractivity contribution in [2.75, 3.05) is 20.7 Å². The summed E-state index contributed by atoms with van der Waals surface area (Å²) in [5, 5.41) is 0. The lowest BCUT2D eigenvalue weighted by Gasteiger charge is -2.42. The lowest BCUT2D eigenvalue weighted by atomic mass is 9.72. The average Bonchev–Trinajstić information content (AvgIpc) is 2.45. The summed E-state index contributed by atoms with van der Waals surface area (Å²) in [5.74, 6) is 0.578. The lowest BCUT2D eigenvalue weighted by molar-refractivity contribution is -0.145. The van der Waals surface area contributed by atoms with Crippen LogP contribution >= 0.6 is 0 Å².